The largest absolute Gasteiger partial charge is 0.497 e. The van der Waals surface area contributed by atoms with E-state index >= 15 is 0 Å². The normalized spacial score (nSPS) is 16.0. The fraction of sp³-hybridized carbons (Fsp3) is 0.429. The second-order valence-corrected chi connectivity index (χ2v) is 8.30. The van der Waals surface area contributed by atoms with E-state index < -0.39 is 0 Å². The lowest BCUT2D eigenvalue weighted by Crippen LogP contribution is -2.11. The quantitative estimate of drug-likeness (QED) is 0.732. The number of benzene rings is 1. The van der Waals surface area contributed by atoms with Gasteiger partial charge in [-0.25, -0.2) is 4.98 Å². The highest BCUT2D eigenvalue weighted by molar-refractivity contribution is 7.11. The van der Waals surface area contributed by atoms with Crippen LogP contribution in [0, 0.1) is 0 Å². The van der Waals surface area contributed by atoms with Gasteiger partial charge in [0.2, 0.25) is 0 Å². The Morgan fingerprint density at radius 3 is 2.96 bits per heavy atom. The molecule has 0 radical (unpaired) electrons. The van der Waals surface area contributed by atoms with Crippen LogP contribution in [0.4, 0.5) is 5.69 Å². The summed E-state index contributed by atoms with van der Waals surface area (Å²) in [5.74, 6) is 0.866. The monoisotopic (exact) mass is 381 g/mol. The van der Waals surface area contributed by atoms with E-state index in [-0.39, 0.29) is 0 Å². The van der Waals surface area contributed by atoms with Gasteiger partial charge in [0.05, 0.1) is 43.0 Å². The number of thiazole rings is 1. The number of fused-ring (bicyclic) bond motifs is 3. The van der Waals surface area contributed by atoms with Crippen molar-refractivity contribution in [3.05, 3.63) is 45.0 Å². The highest BCUT2D eigenvalue weighted by atomic mass is 32.1. The van der Waals surface area contributed by atoms with Gasteiger partial charge in [-0.2, -0.15) is 0 Å². The molecule has 140 valence electrons. The molecule has 1 aromatic carbocycles. The van der Waals surface area contributed by atoms with Gasteiger partial charge >= 0.3 is 0 Å². The minimum atomic E-state index is 0.706. The van der Waals surface area contributed by atoms with Crippen LogP contribution < -0.4 is 10.1 Å². The maximum absolute atomic E-state index is 5.56. The van der Waals surface area contributed by atoms with Gasteiger partial charge < -0.3 is 14.8 Å². The third-order valence-electron chi connectivity index (χ3n) is 5.42. The molecular formula is C21H23N3O2S. The number of aromatic nitrogens is 2. The molecule has 1 aliphatic carbocycles. The minimum absolute atomic E-state index is 0.706. The van der Waals surface area contributed by atoms with E-state index in [1.54, 1.807) is 18.4 Å². The molecule has 1 aliphatic heterocycles. The van der Waals surface area contributed by atoms with Crippen LogP contribution in [0.3, 0.4) is 0 Å². The second kappa shape index (κ2) is 7.09. The van der Waals surface area contributed by atoms with Crippen LogP contribution in [-0.2, 0) is 37.2 Å². The number of aryl methyl sites for hydroxylation is 1. The molecule has 0 atom stereocenters. The van der Waals surface area contributed by atoms with Gasteiger partial charge in [-0.1, -0.05) is 0 Å². The zero-order valence-electron chi connectivity index (χ0n) is 15.5. The molecule has 27 heavy (non-hydrogen) atoms. The first-order valence-corrected chi connectivity index (χ1v) is 10.4. The molecule has 0 saturated carbocycles. The van der Waals surface area contributed by atoms with Gasteiger partial charge in [-0.15, -0.1) is 11.3 Å². The van der Waals surface area contributed by atoms with Crippen molar-refractivity contribution in [2.75, 3.05) is 19.0 Å². The van der Waals surface area contributed by atoms with E-state index in [2.05, 4.69) is 17.4 Å². The lowest BCUT2D eigenvalue weighted by atomic mass is 9.92. The van der Waals surface area contributed by atoms with E-state index in [0.29, 0.717) is 6.61 Å². The number of anilines is 1. The molecule has 5 nitrogen and oxygen atoms in total. The predicted octanol–water partition coefficient (Wildman–Crippen LogP) is 4.26. The molecule has 1 N–H and O–H groups in total. The van der Waals surface area contributed by atoms with Crippen molar-refractivity contribution in [1.82, 2.24) is 9.97 Å². The Kier molecular flexibility index (Phi) is 4.45. The number of ether oxygens (including phenoxy) is 2. The van der Waals surface area contributed by atoms with Gasteiger partial charge in [-0.3, -0.25) is 4.98 Å². The smallest absolute Gasteiger partial charge is 0.119 e. The van der Waals surface area contributed by atoms with E-state index in [0.717, 1.165) is 54.1 Å². The van der Waals surface area contributed by atoms with Crippen molar-refractivity contribution in [1.29, 1.82) is 0 Å². The zero-order valence-corrected chi connectivity index (χ0v) is 16.3. The predicted molar refractivity (Wildman–Crippen MR) is 108 cm³/mol. The first-order chi connectivity index (χ1) is 13.3. The van der Waals surface area contributed by atoms with Crippen LogP contribution in [0.2, 0.25) is 0 Å². The van der Waals surface area contributed by atoms with Crippen molar-refractivity contribution >= 4 is 27.9 Å². The number of hydrogen-bond donors (Lipinski definition) is 1. The Balaban J connectivity index is 1.53. The van der Waals surface area contributed by atoms with Crippen LogP contribution in [0.25, 0.3) is 10.9 Å². The number of nitrogens with zero attached hydrogens (tertiary/aromatic N) is 2. The summed E-state index contributed by atoms with van der Waals surface area (Å²) < 4.78 is 11.0. The third kappa shape index (κ3) is 3.17. The van der Waals surface area contributed by atoms with Crippen LogP contribution in [-0.4, -0.2) is 23.7 Å². The summed E-state index contributed by atoms with van der Waals surface area (Å²) in [5.41, 5.74) is 6.06. The number of nitrogens with one attached hydrogen (secondary N) is 1. The highest BCUT2D eigenvalue weighted by Gasteiger charge is 2.20. The maximum atomic E-state index is 5.56. The van der Waals surface area contributed by atoms with Crippen molar-refractivity contribution in [2.24, 2.45) is 0 Å². The third-order valence-corrected chi connectivity index (χ3v) is 6.50. The second-order valence-electron chi connectivity index (χ2n) is 7.14. The molecule has 0 saturated heterocycles. The van der Waals surface area contributed by atoms with Crippen molar-refractivity contribution in [3.8, 4) is 5.75 Å². The van der Waals surface area contributed by atoms with Crippen LogP contribution in [0.5, 0.6) is 5.75 Å². The van der Waals surface area contributed by atoms with E-state index in [1.165, 1.54) is 40.4 Å². The standard InChI is InChI=1S/C21H23N3O2S/c1-25-13-6-7-17-15(10-13)21(14-4-2-3-5-16(14)23-17)22-11-20-24-18-8-9-26-12-19(18)27-20/h6-7,10H,2-5,8-9,11-12H2,1H3,(H,22,23). The van der Waals surface area contributed by atoms with Gasteiger partial charge in [0.1, 0.15) is 10.8 Å². The molecular weight excluding hydrogens is 358 g/mol. The summed E-state index contributed by atoms with van der Waals surface area (Å²) in [6.07, 6.45) is 5.52. The topological polar surface area (TPSA) is 56.3 Å². The SMILES string of the molecule is COc1ccc2nc3c(c(NCc4nc5c(s4)COCC5)c2c1)CCCC3. The molecule has 3 aromatic rings. The summed E-state index contributed by atoms with van der Waals surface area (Å²) >= 11 is 1.77. The summed E-state index contributed by atoms with van der Waals surface area (Å²) in [5, 5.41) is 5.97. The first-order valence-electron chi connectivity index (χ1n) is 9.60. The Morgan fingerprint density at radius 1 is 1.15 bits per heavy atom. The van der Waals surface area contributed by atoms with Crippen LogP contribution in [0.15, 0.2) is 18.2 Å². The van der Waals surface area contributed by atoms with E-state index in [1.807, 2.05) is 6.07 Å². The summed E-state index contributed by atoms with van der Waals surface area (Å²) in [6, 6.07) is 6.15. The lowest BCUT2D eigenvalue weighted by Gasteiger charge is -2.21. The molecule has 2 aromatic heterocycles. The molecule has 2 aliphatic rings. The molecule has 0 fully saturated rings. The van der Waals surface area contributed by atoms with Crippen molar-refractivity contribution in [3.63, 3.8) is 0 Å². The van der Waals surface area contributed by atoms with E-state index in [4.69, 9.17) is 19.4 Å². The van der Waals surface area contributed by atoms with Gasteiger partial charge in [0.25, 0.3) is 0 Å². The average molecular weight is 382 g/mol. The summed E-state index contributed by atoms with van der Waals surface area (Å²) in [6.45, 7) is 2.23. The van der Waals surface area contributed by atoms with Crippen LogP contribution in [0.1, 0.15) is 39.7 Å². The van der Waals surface area contributed by atoms with Crippen molar-refractivity contribution in [2.45, 2.75) is 45.3 Å². The fourth-order valence-corrected chi connectivity index (χ4v) is 5.04. The summed E-state index contributed by atoms with van der Waals surface area (Å²) in [4.78, 5) is 11.0. The van der Waals surface area contributed by atoms with E-state index in [9.17, 15) is 0 Å². The Hall–Kier alpha value is -2.18. The Morgan fingerprint density at radius 2 is 2.07 bits per heavy atom. The van der Waals surface area contributed by atoms with Crippen LogP contribution >= 0.6 is 11.3 Å². The van der Waals surface area contributed by atoms with Gasteiger partial charge in [0, 0.05) is 23.2 Å². The first kappa shape index (κ1) is 17.0. The molecule has 3 heterocycles. The lowest BCUT2D eigenvalue weighted by molar-refractivity contribution is 0.112. The molecule has 0 unspecified atom stereocenters. The molecule has 6 heteroatoms. The molecule has 0 amide bonds. The summed E-state index contributed by atoms with van der Waals surface area (Å²) in [7, 11) is 1.71. The zero-order chi connectivity index (χ0) is 18.2. The number of rotatable bonds is 4. The number of methoxy groups -OCH3 is 1. The maximum Gasteiger partial charge on any atom is 0.119 e. The van der Waals surface area contributed by atoms with Crippen molar-refractivity contribution < 1.29 is 9.47 Å². The molecule has 0 bridgehead atoms. The number of hydrogen-bond acceptors (Lipinski definition) is 6. The number of pyridine rings is 1. The Labute approximate surface area is 162 Å². The van der Waals surface area contributed by atoms with Gasteiger partial charge in [-0.05, 0) is 49.4 Å². The Bertz CT molecular complexity index is 975. The van der Waals surface area contributed by atoms with Gasteiger partial charge in [0.15, 0.2) is 0 Å². The fourth-order valence-electron chi connectivity index (χ4n) is 4.05. The molecule has 5 rings (SSSR count). The molecule has 0 spiro atoms. The minimum Gasteiger partial charge on any atom is -0.497 e. The average Bonchev–Trinajstić information content (AvgIpc) is 3.13. The highest BCUT2D eigenvalue weighted by Crippen LogP contribution is 2.35.